The van der Waals surface area contributed by atoms with E-state index in [1.54, 1.807) is 29.9 Å². The van der Waals surface area contributed by atoms with Crippen molar-refractivity contribution >= 4 is 84.2 Å². The van der Waals surface area contributed by atoms with Crippen LogP contribution in [0, 0.1) is 13.8 Å². The van der Waals surface area contributed by atoms with Crippen molar-refractivity contribution in [1.29, 1.82) is 0 Å². The second-order valence-corrected chi connectivity index (χ2v) is 14.5. The highest BCUT2D eigenvalue weighted by molar-refractivity contribution is 6.02. The van der Waals surface area contributed by atoms with Crippen molar-refractivity contribution in [3.8, 4) is 0 Å². The Labute approximate surface area is 341 Å². The van der Waals surface area contributed by atoms with Crippen molar-refractivity contribution in [3.05, 3.63) is 97.6 Å². The van der Waals surface area contributed by atoms with E-state index in [9.17, 15) is 4.79 Å². The Balaban J connectivity index is 0.000000163. The Morgan fingerprint density at radius 2 is 1.12 bits per heavy atom. The molecular formula is C43H47N15O. The molecule has 10 rings (SSSR count). The molecule has 0 saturated carbocycles. The Morgan fingerprint density at radius 3 is 1.61 bits per heavy atom. The van der Waals surface area contributed by atoms with Crippen LogP contribution >= 0.6 is 0 Å². The van der Waals surface area contributed by atoms with Gasteiger partial charge in [-0.2, -0.15) is 10.2 Å². The highest BCUT2D eigenvalue weighted by Gasteiger charge is 2.23. The van der Waals surface area contributed by atoms with Gasteiger partial charge in [0.05, 0.1) is 34.8 Å². The fraction of sp³-hybridized carbons (Fsp3) is 0.279. The summed E-state index contributed by atoms with van der Waals surface area (Å²) in [6.07, 6.45) is 15.5. The number of piperazine rings is 1. The molecule has 0 atom stereocenters. The smallest absolute Gasteiger partial charge is 0.246 e. The summed E-state index contributed by atoms with van der Waals surface area (Å²) >= 11 is 0. The number of rotatable bonds is 7. The van der Waals surface area contributed by atoms with Crippen LogP contribution in [0.2, 0.25) is 0 Å². The maximum Gasteiger partial charge on any atom is 0.246 e. The number of anilines is 6. The summed E-state index contributed by atoms with van der Waals surface area (Å²) in [7, 11) is 0. The van der Waals surface area contributed by atoms with Crippen molar-refractivity contribution in [2.24, 2.45) is 0 Å². The summed E-state index contributed by atoms with van der Waals surface area (Å²) < 4.78 is 0. The molecule has 2 aliphatic heterocycles. The molecule has 1 amide bonds. The van der Waals surface area contributed by atoms with Crippen LogP contribution in [0.25, 0.3) is 43.6 Å². The molecule has 16 heteroatoms. The summed E-state index contributed by atoms with van der Waals surface area (Å²) in [5.74, 6) is 3.22. The van der Waals surface area contributed by atoms with Crippen LogP contribution < -0.4 is 20.4 Å². The van der Waals surface area contributed by atoms with Crippen molar-refractivity contribution in [1.82, 2.24) is 55.2 Å². The fourth-order valence-electron chi connectivity index (χ4n) is 7.83. The molecule has 16 nitrogen and oxygen atoms in total. The van der Waals surface area contributed by atoms with Gasteiger partial charge in [0.15, 0.2) is 11.6 Å². The Kier molecular flexibility index (Phi) is 10.9. The predicted molar refractivity (Wildman–Crippen MR) is 235 cm³/mol. The van der Waals surface area contributed by atoms with E-state index in [1.807, 2.05) is 49.6 Å². The van der Waals surface area contributed by atoms with Gasteiger partial charge in [-0.3, -0.25) is 15.0 Å². The van der Waals surface area contributed by atoms with Gasteiger partial charge in [0.1, 0.15) is 35.3 Å². The van der Waals surface area contributed by atoms with Crippen molar-refractivity contribution in [3.63, 3.8) is 0 Å². The minimum atomic E-state index is -0.0355. The topological polar surface area (TPSA) is 186 Å². The minimum Gasteiger partial charge on any atom is -0.356 e. The van der Waals surface area contributed by atoms with Crippen LogP contribution in [0.5, 0.6) is 0 Å². The molecule has 0 unspecified atom stereocenters. The molecule has 0 spiro atoms. The Morgan fingerprint density at radius 1 is 0.627 bits per heavy atom. The predicted octanol–water partition coefficient (Wildman–Crippen LogP) is 7.37. The summed E-state index contributed by atoms with van der Waals surface area (Å²) in [4.78, 5) is 45.5. The van der Waals surface area contributed by atoms with Crippen molar-refractivity contribution in [2.75, 3.05) is 59.7 Å². The van der Waals surface area contributed by atoms with Gasteiger partial charge in [0.2, 0.25) is 5.91 Å². The third-order valence-electron chi connectivity index (χ3n) is 10.9. The first kappa shape index (κ1) is 38.6. The monoisotopic (exact) mass is 789 g/mol. The number of piperidine rings is 1. The third kappa shape index (κ3) is 7.51. The molecule has 0 bridgehead atoms. The maximum atomic E-state index is 11.9. The van der Waals surface area contributed by atoms with Gasteiger partial charge in [-0.05, 0) is 74.6 Å². The maximum absolute atomic E-state index is 11.9. The van der Waals surface area contributed by atoms with Crippen molar-refractivity contribution < 1.29 is 4.79 Å². The van der Waals surface area contributed by atoms with Gasteiger partial charge >= 0.3 is 0 Å². The number of hydrogen-bond acceptors (Lipinski definition) is 13. The molecule has 2 saturated heterocycles. The minimum absolute atomic E-state index is 0. The number of carbonyl (C=O) groups excluding carboxylic acids is 1. The lowest BCUT2D eigenvalue weighted by molar-refractivity contribution is -0.126. The molecule has 0 aliphatic carbocycles. The number of nitrogens with one attached hydrogen (secondary N) is 4. The number of aromatic amines is 2. The first-order valence-corrected chi connectivity index (χ1v) is 19.5. The number of aromatic nitrogens is 10. The number of pyridine rings is 2. The normalized spacial score (nSPS) is 14.2. The summed E-state index contributed by atoms with van der Waals surface area (Å²) in [6.45, 7) is 12.5. The lowest BCUT2D eigenvalue weighted by Crippen LogP contribution is -2.48. The van der Waals surface area contributed by atoms with Crippen LogP contribution in [-0.2, 0) is 4.79 Å². The molecule has 2 aliphatic rings. The first-order valence-electron chi connectivity index (χ1n) is 19.5. The molecule has 300 valence electrons. The lowest BCUT2D eigenvalue weighted by Gasteiger charge is -2.35. The van der Waals surface area contributed by atoms with E-state index in [-0.39, 0.29) is 13.3 Å². The van der Waals surface area contributed by atoms with Gasteiger partial charge in [0.25, 0.3) is 0 Å². The van der Waals surface area contributed by atoms with Crippen LogP contribution in [-0.4, -0.2) is 100 Å². The van der Waals surface area contributed by atoms with E-state index in [4.69, 9.17) is 0 Å². The second kappa shape index (κ2) is 16.7. The standard InChI is InChI=1S/C22H22N8O.C20H21N7.CH4/c1-3-18(31)29-8-10-30(11-9-29)22-15-6-7-23-21(20(15)24-13-25-22)27-19-14(2)4-5-17-16(19)12-26-28-17;1-13-5-6-16-15(11-24-26-16)17(13)25-19-18-14(7-8-21-19)20(23-12-22-18)27-9-3-2-4-10-27;/h3-7,12-13H,1,8-11H2,2H3,(H,23,27)(H,26,28);5-8,11-12H,2-4,9-10H2,1H3,(H,21,25)(H,24,26);1H4. The number of carbonyl (C=O) groups is 1. The van der Waals surface area contributed by atoms with Gasteiger partial charge in [-0.15, -0.1) is 0 Å². The molecule has 6 aromatic heterocycles. The zero-order valence-corrected chi connectivity index (χ0v) is 32.4. The number of fused-ring (bicyclic) bond motifs is 4. The highest BCUT2D eigenvalue weighted by Crippen LogP contribution is 2.35. The quantitative estimate of drug-likeness (QED) is 0.117. The highest BCUT2D eigenvalue weighted by atomic mass is 16.2. The van der Waals surface area contributed by atoms with E-state index >= 15 is 0 Å². The number of nitrogens with zero attached hydrogens (tertiary/aromatic N) is 11. The molecule has 4 N–H and O–H groups in total. The molecule has 8 aromatic rings. The fourth-order valence-corrected chi connectivity index (χ4v) is 7.83. The van der Waals surface area contributed by atoms with Crippen LogP contribution in [0.1, 0.15) is 37.8 Å². The number of hydrogen-bond donors (Lipinski definition) is 4. The second-order valence-electron chi connectivity index (χ2n) is 14.5. The van der Waals surface area contributed by atoms with Gasteiger partial charge in [0, 0.05) is 73.2 Å². The van der Waals surface area contributed by atoms with Gasteiger partial charge in [-0.25, -0.2) is 29.9 Å². The third-order valence-corrected chi connectivity index (χ3v) is 10.9. The van der Waals surface area contributed by atoms with E-state index in [1.165, 1.54) is 25.3 Å². The van der Waals surface area contributed by atoms with Crippen LogP contribution in [0.4, 0.5) is 34.6 Å². The number of aryl methyl sites for hydroxylation is 2. The number of H-pyrrole nitrogens is 2. The number of benzene rings is 2. The van der Waals surface area contributed by atoms with Gasteiger partial charge in [-0.1, -0.05) is 26.1 Å². The zero-order chi connectivity index (χ0) is 39.6. The summed E-state index contributed by atoms with van der Waals surface area (Å²) in [5, 5.41) is 25.3. The van der Waals surface area contributed by atoms with Crippen molar-refractivity contribution in [2.45, 2.75) is 40.5 Å². The molecule has 59 heavy (non-hydrogen) atoms. The van der Waals surface area contributed by atoms with E-state index in [0.717, 1.165) is 96.7 Å². The molecular weight excluding hydrogens is 743 g/mol. The molecule has 2 fully saturated rings. The van der Waals surface area contributed by atoms with E-state index in [0.29, 0.717) is 32.0 Å². The lowest BCUT2D eigenvalue weighted by atomic mass is 10.1. The SMILES string of the molecule is C.C=CC(=O)N1CCN(c2ncnc3c(Nc4c(C)ccc5[nH]ncc45)nccc23)CC1.Cc1ccc2[nH]ncc2c1Nc1nccc2c(N3CCCCC3)ncnc12. The Bertz CT molecular complexity index is 2780. The summed E-state index contributed by atoms with van der Waals surface area (Å²) in [5.41, 5.74) is 7.70. The number of amides is 1. The van der Waals surface area contributed by atoms with E-state index < -0.39 is 0 Å². The van der Waals surface area contributed by atoms with Gasteiger partial charge < -0.3 is 25.3 Å². The van der Waals surface area contributed by atoms with E-state index in [2.05, 4.69) is 90.3 Å². The van der Waals surface area contributed by atoms with Crippen LogP contribution in [0.15, 0.2) is 86.5 Å². The molecule has 2 aromatic carbocycles. The zero-order valence-electron chi connectivity index (χ0n) is 32.4. The largest absolute Gasteiger partial charge is 0.356 e. The average Bonchev–Trinajstić information content (AvgIpc) is 3.96. The summed E-state index contributed by atoms with van der Waals surface area (Å²) in [6, 6.07) is 12.1. The first-order chi connectivity index (χ1) is 28.5. The average molecular weight is 790 g/mol. The molecule has 0 radical (unpaired) electrons. The Hall–Kier alpha value is -7.23. The molecule has 8 heterocycles. The van der Waals surface area contributed by atoms with Crippen LogP contribution in [0.3, 0.4) is 0 Å².